The Hall–Kier alpha value is -2.66. The molecule has 5 nitrogen and oxygen atoms in total. The van der Waals surface area contributed by atoms with Gasteiger partial charge in [-0.25, -0.2) is 8.42 Å². The van der Waals surface area contributed by atoms with E-state index in [9.17, 15) is 18.5 Å². The van der Waals surface area contributed by atoms with Crippen LogP contribution in [-0.4, -0.2) is 18.8 Å². The van der Waals surface area contributed by atoms with Gasteiger partial charge in [0.25, 0.3) is 0 Å². The fourth-order valence-corrected chi connectivity index (χ4v) is 4.83. The average Bonchev–Trinajstić information content (AvgIpc) is 3.30. The van der Waals surface area contributed by atoms with E-state index in [4.69, 9.17) is 11.6 Å². The highest BCUT2D eigenvalue weighted by molar-refractivity contribution is 7.97. The molecule has 2 heterocycles. The summed E-state index contributed by atoms with van der Waals surface area (Å²) in [7, 11) is -2.21. The minimum absolute atomic E-state index is 0.0990. The fraction of sp³-hybridized carbons (Fsp3) is 0.0526. The standard InChI is InChI=1S/C19H13ClN2O3S2/c1-22-12-14(19(23)13-4-6-15(20)7-5-13)9-16(22)10-17(11-21)27(24,25)18-3-2-8-26-18/h2-10,12H,1H3/b17-10-. The molecule has 0 aliphatic carbocycles. The zero-order valence-electron chi connectivity index (χ0n) is 14.1. The molecule has 0 unspecified atom stereocenters. The predicted octanol–water partition coefficient (Wildman–Crippen LogP) is 4.31. The van der Waals surface area contributed by atoms with Crippen molar-refractivity contribution in [2.24, 2.45) is 7.05 Å². The SMILES string of the molecule is Cn1cc(C(=O)c2ccc(Cl)cc2)cc1/C=C(/C#N)S(=O)(=O)c1cccs1. The molecule has 3 aromatic rings. The van der Waals surface area contributed by atoms with E-state index < -0.39 is 9.84 Å². The van der Waals surface area contributed by atoms with E-state index in [2.05, 4.69) is 0 Å². The lowest BCUT2D eigenvalue weighted by Gasteiger charge is -2.00. The van der Waals surface area contributed by atoms with Gasteiger partial charge in [-0.2, -0.15) is 5.26 Å². The first-order chi connectivity index (χ1) is 12.8. The summed E-state index contributed by atoms with van der Waals surface area (Å²) in [5, 5.41) is 11.5. The van der Waals surface area contributed by atoms with Gasteiger partial charge in [0.15, 0.2) is 10.7 Å². The number of carbonyl (C=O) groups excluding carboxylic acids is 1. The highest BCUT2D eigenvalue weighted by atomic mass is 35.5. The van der Waals surface area contributed by atoms with E-state index in [-0.39, 0.29) is 14.9 Å². The number of halogens is 1. The van der Waals surface area contributed by atoms with Gasteiger partial charge in [-0.05, 0) is 47.9 Å². The van der Waals surface area contributed by atoms with Gasteiger partial charge in [-0.3, -0.25) is 4.79 Å². The molecule has 0 atom stereocenters. The van der Waals surface area contributed by atoms with Crippen molar-refractivity contribution in [2.45, 2.75) is 4.21 Å². The number of hydrogen-bond acceptors (Lipinski definition) is 5. The average molecular weight is 417 g/mol. The van der Waals surface area contributed by atoms with E-state index in [1.165, 1.54) is 12.1 Å². The lowest BCUT2D eigenvalue weighted by molar-refractivity contribution is 0.103. The van der Waals surface area contributed by atoms with Gasteiger partial charge < -0.3 is 4.57 Å². The number of allylic oxidation sites excluding steroid dienone is 1. The molecule has 0 amide bonds. The van der Waals surface area contributed by atoms with Crippen LogP contribution in [0.5, 0.6) is 0 Å². The second-order valence-electron chi connectivity index (χ2n) is 5.66. The molecular formula is C19H13ClN2O3S2. The molecule has 0 spiro atoms. The van der Waals surface area contributed by atoms with Gasteiger partial charge in [0.2, 0.25) is 9.84 Å². The normalized spacial score (nSPS) is 12.0. The van der Waals surface area contributed by atoms with Crippen LogP contribution in [0.3, 0.4) is 0 Å². The largest absolute Gasteiger partial charge is 0.350 e. The summed E-state index contributed by atoms with van der Waals surface area (Å²) in [6, 6.07) is 12.9. The number of nitriles is 1. The second-order valence-corrected chi connectivity index (χ2v) is 9.19. The summed E-state index contributed by atoms with van der Waals surface area (Å²) in [6.07, 6.45) is 2.86. The Morgan fingerprint density at radius 1 is 1.22 bits per heavy atom. The molecule has 136 valence electrons. The van der Waals surface area contributed by atoms with Crippen molar-refractivity contribution in [2.75, 3.05) is 0 Å². The van der Waals surface area contributed by atoms with Crippen LogP contribution in [0, 0.1) is 11.3 Å². The summed E-state index contributed by atoms with van der Waals surface area (Å²) in [4.78, 5) is 12.2. The Labute approximate surface area is 165 Å². The molecule has 8 heteroatoms. The maximum atomic E-state index is 12.6. The lowest BCUT2D eigenvalue weighted by atomic mass is 10.1. The third-order valence-corrected chi connectivity index (χ3v) is 7.17. The number of carbonyl (C=O) groups is 1. The molecule has 0 fully saturated rings. The van der Waals surface area contributed by atoms with Gasteiger partial charge in [-0.15, -0.1) is 11.3 Å². The Bertz CT molecular complexity index is 1170. The first kappa shape index (κ1) is 19.1. The maximum absolute atomic E-state index is 12.6. The second kappa shape index (κ2) is 7.53. The van der Waals surface area contributed by atoms with Crippen LogP contribution in [0.2, 0.25) is 5.02 Å². The van der Waals surface area contributed by atoms with E-state index in [0.29, 0.717) is 21.8 Å². The van der Waals surface area contributed by atoms with Crippen molar-refractivity contribution in [1.82, 2.24) is 4.57 Å². The lowest BCUT2D eigenvalue weighted by Crippen LogP contribution is -2.02. The molecule has 0 bridgehead atoms. The molecule has 0 aliphatic rings. The number of hydrogen-bond donors (Lipinski definition) is 0. The van der Waals surface area contributed by atoms with Gasteiger partial charge in [0.1, 0.15) is 10.3 Å². The zero-order chi connectivity index (χ0) is 19.6. The number of thiophene rings is 1. The highest BCUT2D eigenvalue weighted by Crippen LogP contribution is 2.25. The van der Waals surface area contributed by atoms with Crippen LogP contribution in [0.15, 0.2) is 63.2 Å². The van der Waals surface area contributed by atoms with Crippen LogP contribution >= 0.6 is 22.9 Å². The molecule has 0 radical (unpaired) electrons. The molecule has 1 aromatic carbocycles. The van der Waals surface area contributed by atoms with Gasteiger partial charge >= 0.3 is 0 Å². The highest BCUT2D eigenvalue weighted by Gasteiger charge is 2.22. The third-order valence-electron chi connectivity index (χ3n) is 3.85. The van der Waals surface area contributed by atoms with Crippen LogP contribution < -0.4 is 0 Å². The molecule has 0 saturated carbocycles. The van der Waals surface area contributed by atoms with Crippen LogP contribution in [0.25, 0.3) is 6.08 Å². The number of sulfone groups is 1. The van der Waals surface area contributed by atoms with Crippen molar-refractivity contribution in [3.8, 4) is 6.07 Å². The number of ketones is 1. The number of nitrogens with zero attached hydrogens (tertiary/aromatic N) is 2. The summed E-state index contributed by atoms with van der Waals surface area (Å²) in [5.41, 5.74) is 1.29. The van der Waals surface area contributed by atoms with Crippen molar-refractivity contribution in [3.63, 3.8) is 0 Å². The summed E-state index contributed by atoms with van der Waals surface area (Å²) >= 11 is 6.89. The fourth-order valence-electron chi connectivity index (χ4n) is 2.45. The van der Waals surface area contributed by atoms with E-state index in [1.54, 1.807) is 65.7 Å². The van der Waals surface area contributed by atoms with Crippen molar-refractivity contribution in [3.05, 3.63) is 80.8 Å². The summed E-state index contributed by atoms with van der Waals surface area (Å²) < 4.78 is 26.8. The quantitative estimate of drug-likeness (QED) is 0.458. The van der Waals surface area contributed by atoms with Gasteiger partial charge in [0, 0.05) is 35.1 Å². The van der Waals surface area contributed by atoms with Gasteiger partial charge in [-0.1, -0.05) is 17.7 Å². The Morgan fingerprint density at radius 3 is 2.52 bits per heavy atom. The number of rotatable bonds is 5. The molecule has 27 heavy (non-hydrogen) atoms. The molecular weight excluding hydrogens is 404 g/mol. The number of aromatic nitrogens is 1. The molecule has 3 rings (SSSR count). The van der Waals surface area contributed by atoms with Gasteiger partial charge in [0.05, 0.1) is 0 Å². The Morgan fingerprint density at radius 2 is 1.93 bits per heavy atom. The Kier molecular flexibility index (Phi) is 5.33. The minimum atomic E-state index is -3.89. The van der Waals surface area contributed by atoms with Crippen LogP contribution in [0.1, 0.15) is 21.6 Å². The topological polar surface area (TPSA) is 79.9 Å². The summed E-state index contributed by atoms with van der Waals surface area (Å²) in [5.74, 6) is -0.221. The Balaban J connectivity index is 1.99. The van der Waals surface area contributed by atoms with E-state index in [0.717, 1.165) is 11.3 Å². The smallest absolute Gasteiger partial charge is 0.226 e. The molecule has 2 aromatic heterocycles. The molecule has 0 N–H and O–H groups in total. The van der Waals surface area contributed by atoms with E-state index >= 15 is 0 Å². The van der Waals surface area contributed by atoms with Crippen molar-refractivity contribution < 1.29 is 13.2 Å². The predicted molar refractivity (Wildman–Crippen MR) is 105 cm³/mol. The van der Waals surface area contributed by atoms with Crippen molar-refractivity contribution >= 4 is 44.6 Å². The first-order valence-electron chi connectivity index (χ1n) is 7.70. The zero-order valence-corrected chi connectivity index (χ0v) is 16.5. The molecule has 0 saturated heterocycles. The maximum Gasteiger partial charge on any atom is 0.226 e. The summed E-state index contributed by atoms with van der Waals surface area (Å²) in [6.45, 7) is 0. The van der Waals surface area contributed by atoms with Crippen molar-refractivity contribution in [1.29, 1.82) is 5.26 Å². The van der Waals surface area contributed by atoms with Crippen LogP contribution in [-0.2, 0) is 16.9 Å². The van der Waals surface area contributed by atoms with E-state index in [1.807, 2.05) is 0 Å². The minimum Gasteiger partial charge on any atom is -0.350 e. The number of aryl methyl sites for hydroxylation is 1. The van der Waals surface area contributed by atoms with Crippen LogP contribution in [0.4, 0.5) is 0 Å². The first-order valence-corrected chi connectivity index (χ1v) is 10.4. The number of benzene rings is 1. The third kappa shape index (κ3) is 3.88. The molecule has 0 aliphatic heterocycles. The monoisotopic (exact) mass is 416 g/mol.